The van der Waals surface area contributed by atoms with E-state index in [0.29, 0.717) is 5.69 Å². The molecule has 1 amide bonds. The normalized spacial score (nSPS) is 10.1. The highest BCUT2D eigenvalue weighted by Crippen LogP contribution is 2.24. The van der Waals surface area contributed by atoms with Gasteiger partial charge in [0, 0.05) is 31.9 Å². The van der Waals surface area contributed by atoms with E-state index in [1.54, 1.807) is 19.0 Å². The van der Waals surface area contributed by atoms with Crippen LogP contribution in [0.2, 0.25) is 0 Å². The monoisotopic (exact) mass is 357 g/mol. The minimum atomic E-state index is -0.598. The molecule has 0 bridgehead atoms. The second kappa shape index (κ2) is 8.61. The van der Waals surface area contributed by atoms with Crippen LogP contribution >= 0.6 is 0 Å². The summed E-state index contributed by atoms with van der Waals surface area (Å²) in [4.78, 5) is 36.2. The highest BCUT2D eigenvalue weighted by Gasteiger charge is 2.18. The van der Waals surface area contributed by atoms with Crippen molar-refractivity contribution < 1.29 is 19.2 Å². The van der Waals surface area contributed by atoms with Gasteiger partial charge in [0.2, 0.25) is 0 Å². The Labute approximate surface area is 150 Å². The third kappa shape index (κ3) is 5.04. The number of anilines is 1. The lowest BCUT2D eigenvalue weighted by atomic mass is 10.1. The predicted octanol–water partition coefficient (Wildman–Crippen LogP) is 2.13. The summed E-state index contributed by atoms with van der Waals surface area (Å²) < 4.78 is 5.08. The summed E-state index contributed by atoms with van der Waals surface area (Å²) in [5.41, 5.74) is 1.25. The number of esters is 1. The number of ether oxygens (including phenoxy) is 1. The molecule has 0 atom stereocenters. The number of non-ortho nitro benzene ring substituents is 1. The molecule has 136 valence electrons. The van der Waals surface area contributed by atoms with Gasteiger partial charge in [-0.1, -0.05) is 30.3 Å². The van der Waals surface area contributed by atoms with E-state index in [1.807, 2.05) is 30.3 Å². The summed E-state index contributed by atoms with van der Waals surface area (Å²) in [6.45, 7) is -0.226. The number of carbonyl (C=O) groups is 2. The molecular formula is C18H19N3O5. The van der Waals surface area contributed by atoms with Gasteiger partial charge < -0.3 is 15.0 Å². The van der Waals surface area contributed by atoms with Gasteiger partial charge in [0.15, 0.2) is 0 Å². The fourth-order valence-electron chi connectivity index (χ4n) is 2.25. The lowest BCUT2D eigenvalue weighted by molar-refractivity contribution is -0.384. The SMILES string of the molecule is CN(C)c1ccc([N+](=O)[O-])cc1C(=O)NCC(=O)OCc1ccccc1. The smallest absolute Gasteiger partial charge is 0.325 e. The molecule has 0 heterocycles. The van der Waals surface area contributed by atoms with Crippen molar-refractivity contribution in [1.29, 1.82) is 0 Å². The van der Waals surface area contributed by atoms with Crippen LogP contribution in [0, 0.1) is 10.1 Å². The first kappa shape index (κ1) is 18.9. The molecule has 0 aromatic heterocycles. The van der Waals surface area contributed by atoms with Crippen LogP contribution in [0.1, 0.15) is 15.9 Å². The van der Waals surface area contributed by atoms with Crippen molar-refractivity contribution in [3.8, 4) is 0 Å². The maximum atomic E-state index is 12.4. The summed E-state index contributed by atoms with van der Waals surface area (Å²) in [5, 5.41) is 13.4. The zero-order valence-electron chi connectivity index (χ0n) is 14.5. The van der Waals surface area contributed by atoms with Gasteiger partial charge in [0.1, 0.15) is 13.2 Å². The van der Waals surface area contributed by atoms with Crippen molar-refractivity contribution >= 4 is 23.3 Å². The second-order valence-corrected chi connectivity index (χ2v) is 5.68. The molecule has 0 saturated carbocycles. The fraction of sp³-hybridized carbons (Fsp3) is 0.222. The van der Waals surface area contributed by atoms with Crippen molar-refractivity contribution in [3.63, 3.8) is 0 Å². The van der Waals surface area contributed by atoms with Crippen molar-refractivity contribution in [2.45, 2.75) is 6.61 Å². The van der Waals surface area contributed by atoms with Crippen molar-refractivity contribution in [2.24, 2.45) is 0 Å². The Morgan fingerprint density at radius 3 is 2.46 bits per heavy atom. The van der Waals surface area contributed by atoms with Gasteiger partial charge in [-0.25, -0.2) is 0 Å². The first-order chi connectivity index (χ1) is 12.4. The van der Waals surface area contributed by atoms with E-state index in [-0.39, 0.29) is 24.4 Å². The molecule has 0 spiro atoms. The van der Waals surface area contributed by atoms with Gasteiger partial charge in [0.05, 0.1) is 10.5 Å². The Morgan fingerprint density at radius 2 is 1.85 bits per heavy atom. The number of benzene rings is 2. The van der Waals surface area contributed by atoms with E-state index in [4.69, 9.17) is 4.74 Å². The molecule has 1 N–H and O–H groups in total. The third-order valence-electron chi connectivity index (χ3n) is 3.55. The fourth-order valence-corrected chi connectivity index (χ4v) is 2.25. The van der Waals surface area contributed by atoms with Gasteiger partial charge in [-0.15, -0.1) is 0 Å². The molecule has 0 aliphatic rings. The molecule has 2 rings (SSSR count). The van der Waals surface area contributed by atoms with Crippen molar-refractivity contribution in [3.05, 3.63) is 69.8 Å². The minimum absolute atomic E-state index is 0.106. The van der Waals surface area contributed by atoms with Crippen LogP contribution in [0.25, 0.3) is 0 Å². The number of nitrogens with one attached hydrogen (secondary N) is 1. The molecule has 0 fully saturated rings. The number of amides is 1. The predicted molar refractivity (Wildman–Crippen MR) is 96.0 cm³/mol. The topological polar surface area (TPSA) is 102 Å². The third-order valence-corrected chi connectivity index (χ3v) is 3.55. The van der Waals surface area contributed by atoms with Crippen molar-refractivity contribution in [1.82, 2.24) is 5.32 Å². The van der Waals surface area contributed by atoms with E-state index in [9.17, 15) is 19.7 Å². The van der Waals surface area contributed by atoms with Crippen LogP contribution < -0.4 is 10.2 Å². The van der Waals surface area contributed by atoms with Crippen molar-refractivity contribution in [2.75, 3.05) is 25.5 Å². The van der Waals surface area contributed by atoms with Gasteiger partial charge in [0.25, 0.3) is 11.6 Å². The molecule has 8 nitrogen and oxygen atoms in total. The van der Waals surface area contributed by atoms with E-state index in [1.165, 1.54) is 18.2 Å². The Bertz CT molecular complexity index is 806. The molecular weight excluding hydrogens is 338 g/mol. The summed E-state index contributed by atoms with van der Waals surface area (Å²) in [7, 11) is 3.43. The van der Waals surface area contributed by atoms with Crippen LogP contribution in [-0.2, 0) is 16.1 Å². The average Bonchev–Trinajstić information content (AvgIpc) is 2.64. The van der Waals surface area contributed by atoms with Gasteiger partial charge >= 0.3 is 5.97 Å². The molecule has 0 aliphatic carbocycles. The van der Waals surface area contributed by atoms with Crippen LogP contribution in [-0.4, -0.2) is 37.4 Å². The zero-order valence-corrected chi connectivity index (χ0v) is 14.5. The molecule has 2 aromatic rings. The molecule has 0 radical (unpaired) electrons. The van der Waals surface area contributed by atoms with E-state index in [2.05, 4.69) is 5.32 Å². The molecule has 26 heavy (non-hydrogen) atoms. The largest absolute Gasteiger partial charge is 0.460 e. The summed E-state index contributed by atoms with van der Waals surface area (Å²) in [6, 6.07) is 13.1. The molecule has 2 aromatic carbocycles. The number of nitro groups is 1. The Kier molecular flexibility index (Phi) is 6.26. The average molecular weight is 357 g/mol. The van der Waals surface area contributed by atoms with Crippen LogP contribution in [0.4, 0.5) is 11.4 Å². The second-order valence-electron chi connectivity index (χ2n) is 5.68. The van der Waals surface area contributed by atoms with Crippen LogP contribution in [0.15, 0.2) is 48.5 Å². The minimum Gasteiger partial charge on any atom is -0.460 e. The van der Waals surface area contributed by atoms with Gasteiger partial charge in [-0.05, 0) is 11.6 Å². The number of hydrogen-bond acceptors (Lipinski definition) is 6. The number of nitro benzene ring substituents is 1. The number of nitrogens with zero attached hydrogens (tertiary/aromatic N) is 2. The lowest BCUT2D eigenvalue weighted by Crippen LogP contribution is -2.31. The Balaban J connectivity index is 1.99. The van der Waals surface area contributed by atoms with Crippen LogP contribution in [0.3, 0.4) is 0 Å². The summed E-state index contributed by atoms with van der Waals surface area (Å²) >= 11 is 0. The summed E-state index contributed by atoms with van der Waals surface area (Å²) in [5.74, 6) is -1.19. The van der Waals surface area contributed by atoms with E-state index >= 15 is 0 Å². The lowest BCUT2D eigenvalue weighted by Gasteiger charge is -2.16. The maximum absolute atomic E-state index is 12.4. The Hall–Kier alpha value is -3.42. The number of rotatable bonds is 7. The first-order valence-electron chi connectivity index (χ1n) is 7.82. The first-order valence-corrected chi connectivity index (χ1v) is 7.82. The Morgan fingerprint density at radius 1 is 1.15 bits per heavy atom. The maximum Gasteiger partial charge on any atom is 0.325 e. The highest BCUT2D eigenvalue weighted by atomic mass is 16.6. The van der Waals surface area contributed by atoms with Gasteiger partial charge in [-0.2, -0.15) is 0 Å². The molecule has 0 saturated heterocycles. The zero-order chi connectivity index (χ0) is 19.1. The number of carbonyl (C=O) groups excluding carboxylic acids is 2. The van der Waals surface area contributed by atoms with E-state index < -0.39 is 16.8 Å². The molecule has 8 heteroatoms. The van der Waals surface area contributed by atoms with Crippen LogP contribution in [0.5, 0.6) is 0 Å². The summed E-state index contributed by atoms with van der Waals surface area (Å²) in [6.07, 6.45) is 0. The quantitative estimate of drug-likeness (QED) is 0.463. The number of hydrogen-bond donors (Lipinski definition) is 1. The molecule has 0 aliphatic heterocycles. The van der Waals surface area contributed by atoms with Gasteiger partial charge in [-0.3, -0.25) is 19.7 Å². The standard InChI is InChI=1S/C18H19N3O5/c1-20(2)16-9-8-14(21(24)25)10-15(16)18(23)19-11-17(22)26-12-13-6-4-3-5-7-13/h3-10H,11-12H2,1-2H3,(H,19,23). The molecule has 0 unspecified atom stereocenters. The highest BCUT2D eigenvalue weighted by molar-refractivity contribution is 6.01. The van der Waals surface area contributed by atoms with E-state index in [0.717, 1.165) is 5.56 Å².